The van der Waals surface area contributed by atoms with Crippen LogP contribution in [0.5, 0.6) is 0 Å². The van der Waals surface area contributed by atoms with Gasteiger partial charge in [0.1, 0.15) is 11.8 Å². The van der Waals surface area contributed by atoms with Crippen molar-refractivity contribution in [1.82, 2.24) is 4.98 Å². The van der Waals surface area contributed by atoms with E-state index < -0.39 is 5.97 Å². The topological polar surface area (TPSA) is 89.3 Å². The van der Waals surface area contributed by atoms with Gasteiger partial charge in [0.2, 0.25) is 5.76 Å². The first-order valence-corrected chi connectivity index (χ1v) is 5.84. The Hall–Kier alpha value is -2.55. The van der Waals surface area contributed by atoms with Crippen LogP contribution in [0.3, 0.4) is 0 Å². The molecule has 2 aromatic rings. The number of aryl methyl sites for hydroxylation is 2. The van der Waals surface area contributed by atoms with Crippen LogP contribution in [0.25, 0.3) is 0 Å². The summed E-state index contributed by atoms with van der Waals surface area (Å²) in [4.78, 5) is 15.5. The molecular formula is C13H12N2O4. The summed E-state index contributed by atoms with van der Waals surface area (Å²) in [6.07, 6.45) is 2.61. The summed E-state index contributed by atoms with van der Waals surface area (Å²) in [5.41, 5.74) is -0.0482. The molecule has 0 N–H and O–H groups in total. The van der Waals surface area contributed by atoms with Crippen LogP contribution in [0.15, 0.2) is 27.2 Å². The van der Waals surface area contributed by atoms with Crippen molar-refractivity contribution < 1.29 is 18.4 Å². The molecule has 0 aliphatic heterocycles. The number of hydrogen-bond acceptors (Lipinski definition) is 6. The van der Waals surface area contributed by atoms with Crippen LogP contribution in [0, 0.1) is 11.3 Å². The third kappa shape index (κ3) is 3.01. The highest BCUT2D eigenvalue weighted by molar-refractivity contribution is 5.88. The number of nitrogens with zero attached hydrogens (tertiary/aromatic N) is 2. The van der Waals surface area contributed by atoms with E-state index in [4.69, 9.17) is 18.8 Å². The number of esters is 1. The average Bonchev–Trinajstić information content (AvgIpc) is 3.05. The highest BCUT2D eigenvalue weighted by Gasteiger charge is 2.21. The van der Waals surface area contributed by atoms with Crippen molar-refractivity contribution in [3.8, 4) is 6.07 Å². The molecule has 0 fully saturated rings. The van der Waals surface area contributed by atoms with Crippen molar-refractivity contribution in [1.29, 1.82) is 5.26 Å². The van der Waals surface area contributed by atoms with E-state index in [1.165, 1.54) is 0 Å². The molecule has 0 saturated heterocycles. The molecule has 0 radical (unpaired) electrons. The van der Waals surface area contributed by atoms with Crippen molar-refractivity contribution >= 4 is 5.97 Å². The van der Waals surface area contributed by atoms with Crippen LogP contribution in [0.2, 0.25) is 0 Å². The Morgan fingerprint density at radius 1 is 1.53 bits per heavy atom. The molecule has 0 aliphatic rings. The zero-order chi connectivity index (χ0) is 13.7. The zero-order valence-electron chi connectivity index (χ0n) is 10.4. The van der Waals surface area contributed by atoms with Crippen LogP contribution >= 0.6 is 0 Å². The summed E-state index contributed by atoms with van der Waals surface area (Å²) < 4.78 is 15.2. The molecular weight excluding hydrogens is 248 g/mol. The van der Waals surface area contributed by atoms with Crippen LogP contribution in [0.4, 0.5) is 0 Å². The SMILES string of the molecule is CCOC(=O)c1oc(CCc2ccco2)nc1C#N. The van der Waals surface area contributed by atoms with Gasteiger partial charge >= 0.3 is 5.97 Å². The van der Waals surface area contributed by atoms with Gasteiger partial charge < -0.3 is 13.6 Å². The number of furan rings is 1. The lowest BCUT2D eigenvalue weighted by Crippen LogP contribution is -2.05. The van der Waals surface area contributed by atoms with Gasteiger partial charge in [-0.3, -0.25) is 0 Å². The lowest BCUT2D eigenvalue weighted by Gasteiger charge is -1.96. The number of carbonyl (C=O) groups is 1. The summed E-state index contributed by atoms with van der Waals surface area (Å²) in [6, 6.07) is 5.44. The standard InChI is InChI=1S/C13H12N2O4/c1-2-17-13(16)12-10(8-14)15-11(19-12)6-5-9-4-3-7-18-9/h3-4,7H,2,5-6H2,1H3. The van der Waals surface area contributed by atoms with Gasteiger partial charge in [0.25, 0.3) is 0 Å². The molecule has 0 aliphatic carbocycles. The number of ether oxygens (including phenoxy) is 1. The third-order valence-electron chi connectivity index (χ3n) is 2.40. The minimum absolute atomic E-state index is 0.0482. The molecule has 0 atom stereocenters. The van der Waals surface area contributed by atoms with Crippen LogP contribution in [-0.4, -0.2) is 17.6 Å². The summed E-state index contributed by atoms with van der Waals surface area (Å²) >= 11 is 0. The van der Waals surface area contributed by atoms with Gasteiger partial charge in [0.05, 0.1) is 12.9 Å². The number of carbonyl (C=O) groups excluding carboxylic acids is 1. The fourth-order valence-corrected chi connectivity index (χ4v) is 1.57. The van der Waals surface area contributed by atoms with Gasteiger partial charge in [0, 0.05) is 12.8 Å². The molecule has 2 heterocycles. The second-order valence-corrected chi connectivity index (χ2v) is 3.70. The Labute approximate surface area is 109 Å². The van der Waals surface area contributed by atoms with E-state index in [9.17, 15) is 4.79 Å². The molecule has 0 spiro atoms. The Morgan fingerprint density at radius 3 is 3.00 bits per heavy atom. The number of hydrogen-bond donors (Lipinski definition) is 0. The minimum atomic E-state index is -0.671. The maximum atomic E-state index is 11.5. The molecule has 98 valence electrons. The Kier molecular flexibility index (Phi) is 3.98. The highest BCUT2D eigenvalue weighted by Crippen LogP contribution is 2.14. The quantitative estimate of drug-likeness (QED) is 0.765. The molecule has 2 rings (SSSR count). The number of aromatic nitrogens is 1. The molecule has 6 heteroatoms. The van der Waals surface area contributed by atoms with E-state index in [1.807, 2.05) is 12.1 Å². The van der Waals surface area contributed by atoms with Gasteiger partial charge in [-0.25, -0.2) is 9.78 Å². The lowest BCUT2D eigenvalue weighted by atomic mass is 10.2. The third-order valence-corrected chi connectivity index (χ3v) is 2.40. The fourth-order valence-electron chi connectivity index (χ4n) is 1.57. The van der Waals surface area contributed by atoms with Gasteiger partial charge in [-0.15, -0.1) is 0 Å². The monoisotopic (exact) mass is 260 g/mol. The first kappa shape index (κ1) is 12.9. The number of nitriles is 1. The van der Waals surface area contributed by atoms with E-state index in [-0.39, 0.29) is 18.1 Å². The van der Waals surface area contributed by atoms with Crippen molar-refractivity contribution in [3.05, 3.63) is 41.5 Å². The van der Waals surface area contributed by atoms with Crippen molar-refractivity contribution in [3.63, 3.8) is 0 Å². The van der Waals surface area contributed by atoms with Gasteiger partial charge in [0.15, 0.2) is 11.6 Å². The van der Waals surface area contributed by atoms with E-state index >= 15 is 0 Å². The lowest BCUT2D eigenvalue weighted by molar-refractivity contribution is 0.0487. The maximum Gasteiger partial charge on any atom is 0.377 e. The van der Waals surface area contributed by atoms with E-state index in [0.717, 1.165) is 5.76 Å². The second kappa shape index (κ2) is 5.87. The average molecular weight is 260 g/mol. The van der Waals surface area contributed by atoms with Gasteiger partial charge in [-0.2, -0.15) is 5.26 Å². The molecule has 19 heavy (non-hydrogen) atoms. The van der Waals surface area contributed by atoms with Crippen LogP contribution in [0.1, 0.15) is 34.8 Å². The molecule has 0 aromatic carbocycles. The van der Waals surface area contributed by atoms with Crippen LogP contribution < -0.4 is 0 Å². The van der Waals surface area contributed by atoms with Gasteiger partial charge in [-0.1, -0.05) is 0 Å². The van der Waals surface area contributed by atoms with E-state index in [1.54, 1.807) is 19.3 Å². The predicted octanol–water partition coefficient (Wildman–Crippen LogP) is 2.10. The summed E-state index contributed by atoms with van der Waals surface area (Å²) in [7, 11) is 0. The number of rotatable bonds is 5. The van der Waals surface area contributed by atoms with E-state index in [0.29, 0.717) is 18.7 Å². The Balaban J connectivity index is 2.10. The highest BCUT2D eigenvalue weighted by atomic mass is 16.5. The maximum absolute atomic E-state index is 11.5. The second-order valence-electron chi connectivity index (χ2n) is 3.70. The predicted molar refractivity (Wildman–Crippen MR) is 63.3 cm³/mol. The largest absolute Gasteiger partial charge is 0.469 e. The smallest absolute Gasteiger partial charge is 0.377 e. The molecule has 2 aromatic heterocycles. The summed E-state index contributed by atoms with van der Waals surface area (Å²) in [6.45, 7) is 1.89. The fraction of sp³-hybridized carbons (Fsp3) is 0.308. The Morgan fingerprint density at radius 2 is 2.37 bits per heavy atom. The number of oxazole rings is 1. The van der Waals surface area contributed by atoms with Crippen molar-refractivity contribution in [2.75, 3.05) is 6.61 Å². The normalized spacial score (nSPS) is 10.1. The van der Waals surface area contributed by atoms with Crippen LogP contribution in [-0.2, 0) is 17.6 Å². The Bertz CT molecular complexity index is 593. The first-order chi connectivity index (χ1) is 9.24. The molecule has 6 nitrogen and oxygen atoms in total. The first-order valence-electron chi connectivity index (χ1n) is 5.84. The zero-order valence-corrected chi connectivity index (χ0v) is 10.4. The van der Waals surface area contributed by atoms with Crippen molar-refractivity contribution in [2.45, 2.75) is 19.8 Å². The summed E-state index contributed by atoms with van der Waals surface area (Å²) in [5.74, 6) is 0.292. The van der Waals surface area contributed by atoms with Gasteiger partial charge in [-0.05, 0) is 19.1 Å². The minimum Gasteiger partial charge on any atom is -0.469 e. The molecule has 0 amide bonds. The molecule has 0 saturated carbocycles. The molecule has 0 unspecified atom stereocenters. The molecule has 0 bridgehead atoms. The van der Waals surface area contributed by atoms with Crippen molar-refractivity contribution in [2.24, 2.45) is 0 Å². The summed E-state index contributed by atoms with van der Waals surface area (Å²) in [5, 5.41) is 8.90. The van der Waals surface area contributed by atoms with E-state index in [2.05, 4.69) is 4.98 Å².